The van der Waals surface area contributed by atoms with Crippen molar-refractivity contribution in [1.29, 1.82) is 0 Å². The number of rotatable bonds is 7. The lowest BCUT2D eigenvalue weighted by molar-refractivity contribution is -0.140. The van der Waals surface area contributed by atoms with E-state index in [1.807, 2.05) is 6.92 Å². The van der Waals surface area contributed by atoms with Crippen molar-refractivity contribution in [1.82, 2.24) is 5.32 Å². The second-order valence-corrected chi connectivity index (χ2v) is 4.96. The number of nitrogens with one attached hydrogen (secondary N) is 1. The fourth-order valence-corrected chi connectivity index (χ4v) is 1.65. The van der Waals surface area contributed by atoms with E-state index in [1.165, 1.54) is 0 Å². The van der Waals surface area contributed by atoms with Gasteiger partial charge < -0.3 is 14.9 Å². The van der Waals surface area contributed by atoms with Crippen LogP contribution >= 0.6 is 0 Å². The van der Waals surface area contributed by atoms with E-state index in [-0.39, 0.29) is 6.61 Å². The molecule has 0 saturated carbocycles. The van der Waals surface area contributed by atoms with Gasteiger partial charge >= 0.3 is 5.97 Å². The number of hydrogen-bond acceptors (Lipinski definition) is 4. The zero-order valence-electron chi connectivity index (χ0n) is 11.5. The molecule has 0 amide bonds. The van der Waals surface area contributed by atoms with E-state index >= 15 is 0 Å². The van der Waals surface area contributed by atoms with Gasteiger partial charge in [0.25, 0.3) is 0 Å². The standard InChI is InChI=1S/C14H21NO4/c1-4-19-11-7-5-10(6-8-11)12(13(17)18)15-14(2,3)9-16/h5-8,12,15-16H,4,9H2,1-3H3,(H,17,18). The van der Waals surface area contributed by atoms with Gasteiger partial charge in [-0.25, -0.2) is 0 Å². The number of ether oxygens (including phenoxy) is 1. The first kappa shape index (κ1) is 15.5. The second kappa shape index (κ2) is 6.54. The van der Waals surface area contributed by atoms with Gasteiger partial charge in [0.1, 0.15) is 11.8 Å². The van der Waals surface area contributed by atoms with E-state index in [0.717, 1.165) is 0 Å². The van der Waals surface area contributed by atoms with Crippen LogP contribution in [0, 0.1) is 0 Å². The summed E-state index contributed by atoms with van der Waals surface area (Å²) in [5.41, 5.74) is -0.0424. The Hall–Kier alpha value is -1.59. The molecule has 0 aliphatic rings. The van der Waals surface area contributed by atoms with Gasteiger partial charge in [-0.15, -0.1) is 0 Å². The first-order valence-electron chi connectivity index (χ1n) is 6.23. The van der Waals surface area contributed by atoms with Gasteiger partial charge in [-0.05, 0) is 38.5 Å². The molecule has 1 unspecified atom stereocenters. The van der Waals surface area contributed by atoms with E-state index in [0.29, 0.717) is 17.9 Å². The molecule has 0 bridgehead atoms. The lowest BCUT2D eigenvalue weighted by Crippen LogP contribution is -2.47. The van der Waals surface area contributed by atoms with Crippen LogP contribution in [0.15, 0.2) is 24.3 Å². The number of aliphatic hydroxyl groups is 1. The number of benzene rings is 1. The highest BCUT2D eigenvalue weighted by molar-refractivity contribution is 5.75. The molecule has 0 heterocycles. The number of carbonyl (C=O) groups is 1. The summed E-state index contributed by atoms with van der Waals surface area (Å²) in [5.74, 6) is -0.275. The molecule has 0 saturated heterocycles. The molecule has 5 heteroatoms. The van der Waals surface area contributed by atoms with Crippen LogP contribution in [0.1, 0.15) is 32.4 Å². The summed E-state index contributed by atoms with van der Waals surface area (Å²) in [6.07, 6.45) is 0. The van der Waals surface area contributed by atoms with Gasteiger partial charge in [-0.3, -0.25) is 10.1 Å². The highest BCUT2D eigenvalue weighted by atomic mass is 16.5. The van der Waals surface area contributed by atoms with Gasteiger partial charge in [0.2, 0.25) is 0 Å². The maximum absolute atomic E-state index is 11.3. The molecule has 0 aliphatic heterocycles. The Morgan fingerprint density at radius 3 is 2.37 bits per heavy atom. The highest BCUT2D eigenvalue weighted by Gasteiger charge is 2.27. The summed E-state index contributed by atoms with van der Waals surface area (Å²) in [7, 11) is 0. The highest BCUT2D eigenvalue weighted by Crippen LogP contribution is 2.20. The van der Waals surface area contributed by atoms with E-state index in [4.69, 9.17) is 4.74 Å². The van der Waals surface area contributed by atoms with Crippen molar-refractivity contribution in [2.24, 2.45) is 0 Å². The Kier molecular flexibility index (Phi) is 5.32. The van der Waals surface area contributed by atoms with Crippen molar-refractivity contribution in [3.63, 3.8) is 0 Å². The van der Waals surface area contributed by atoms with Crippen LogP contribution in [0.25, 0.3) is 0 Å². The van der Waals surface area contributed by atoms with Gasteiger partial charge in [0.15, 0.2) is 0 Å². The van der Waals surface area contributed by atoms with Crippen molar-refractivity contribution in [2.75, 3.05) is 13.2 Å². The maximum Gasteiger partial charge on any atom is 0.325 e. The van der Waals surface area contributed by atoms with Crippen molar-refractivity contribution in [3.05, 3.63) is 29.8 Å². The van der Waals surface area contributed by atoms with Gasteiger partial charge in [-0.2, -0.15) is 0 Å². The predicted molar refractivity (Wildman–Crippen MR) is 72.3 cm³/mol. The maximum atomic E-state index is 11.3. The van der Waals surface area contributed by atoms with Crippen molar-refractivity contribution in [2.45, 2.75) is 32.4 Å². The quantitative estimate of drug-likeness (QED) is 0.699. The summed E-state index contributed by atoms with van der Waals surface area (Å²) >= 11 is 0. The Bertz CT molecular complexity index is 414. The third kappa shape index (κ3) is 4.54. The zero-order valence-corrected chi connectivity index (χ0v) is 11.5. The minimum Gasteiger partial charge on any atom is -0.494 e. The predicted octanol–water partition coefficient (Wildman–Crippen LogP) is 1.57. The van der Waals surface area contributed by atoms with Crippen molar-refractivity contribution in [3.8, 4) is 5.75 Å². The monoisotopic (exact) mass is 267 g/mol. The average Bonchev–Trinajstić information content (AvgIpc) is 2.37. The molecule has 19 heavy (non-hydrogen) atoms. The van der Waals surface area contributed by atoms with Crippen LogP contribution in [-0.2, 0) is 4.79 Å². The molecule has 0 radical (unpaired) electrons. The normalized spacial score (nSPS) is 13.1. The Morgan fingerprint density at radius 1 is 1.37 bits per heavy atom. The molecule has 0 aliphatic carbocycles. The molecule has 0 fully saturated rings. The smallest absolute Gasteiger partial charge is 0.325 e. The molecule has 1 rings (SSSR count). The molecular weight excluding hydrogens is 246 g/mol. The summed E-state index contributed by atoms with van der Waals surface area (Å²) < 4.78 is 5.32. The lowest BCUT2D eigenvalue weighted by Gasteiger charge is -2.28. The molecule has 3 N–H and O–H groups in total. The number of hydrogen-bond donors (Lipinski definition) is 3. The van der Waals surface area contributed by atoms with E-state index in [9.17, 15) is 15.0 Å². The van der Waals surface area contributed by atoms with Crippen molar-refractivity contribution >= 4 is 5.97 Å². The van der Waals surface area contributed by atoms with Crippen molar-refractivity contribution < 1.29 is 19.7 Å². The number of carboxylic acid groups (broad SMARTS) is 1. The van der Waals surface area contributed by atoms with Crippen LogP contribution in [-0.4, -0.2) is 34.9 Å². The van der Waals surface area contributed by atoms with E-state index in [1.54, 1.807) is 38.1 Å². The van der Waals surface area contributed by atoms with Crippen LogP contribution in [0.5, 0.6) is 5.75 Å². The van der Waals surface area contributed by atoms with Crippen LogP contribution in [0.2, 0.25) is 0 Å². The van der Waals surface area contributed by atoms with Crippen LogP contribution in [0.4, 0.5) is 0 Å². The summed E-state index contributed by atoms with van der Waals surface area (Å²) in [6.45, 7) is 5.81. The van der Waals surface area contributed by atoms with Gasteiger partial charge in [0, 0.05) is 5.54 Å². The molecule has 0 aromatic heterocycles. The first-order chi connectivity index (χ1) is 8.89. The molecule has 1 atom stereocenters. The summed E-state index contributed by atoms with van der Waals surface area (Å²) in [4.78, 5) is 11.3. The SMILES string of the molecule is CCOc1ccc(C(NC(C)(C)CO)C(=O)O)cc1. The minimum atomic E-state index is -0.981. The number of aliphatic hydroxyl groups excluding tert-OH is 1. The van der Waals surface area contributed by atoms with Gasteiger partial charge in [-0.1, -0.05) is 12.1 Å². The molecule has 0 spiro atoms. The first-order valence-corrected chi connectivity index (χ1v) is 6.23. The molecule has 5 nitrogen and oxygen atoms in total. The molecular formula is C14H21NO4. The fourth-order valence-electron chi connectivity index (χ4n) is 1.65. The molecule has 1 aromatic carbocycles. The molecule has 1 aromatic rings. The minimum absolute atomic E-state index is 0.145. The number of aliphatic carboxylic acids is 1. The van der Waals surface area contributed by atoms with Crippen LogP contribution < -0.4 is 10.1 Å². The fraction of sp³-hybridized carbons (Fsp3) is 0.500. The lowest BCUT2D eigenvalue weighted by atomic mass is 10.0. The zero-order chi connectivity index (χ0) is 14.5. The third-order valence-electron chi connectivity index (χ3n) is 2.70. The average molecular weight is 267 g/mol. The topological polar surface area (TPSA) is 78.8 Å². The summed E-state index contributed by atoms with van der Waals surface area (Å²) in [5, 5.41) is 21.4. The Balaban J connectivity index is 2.90. The largest absolute Gasteiger partial charge is 0.494 e. The van der Waals surface area contributed by atoms with E-state index < -0.39 is 17.6 Å². The second-order valence-electron chi connectivity index (χ2n) is 4.96. The van der Waals surface area contributed by atoms with E-state index in [2.05, 4.69) is 5.32 Å². The Morgan fingerprint density at radius 2 is 1.95 bits per heavy atom. The van der Waals surface area contributed by atoms with Gasteiger partial charge in [0.05, 0.1) is 13.2 Å². The Labute approximate surface area is 113 Å². The summed E-state index contributed by atoms with van der Waals surface area (Å²) in [6, 6.07) is 6.04. The third-order valence-corrected chi connectivity index (χ3v) is 2.70. The number of carboxylic acids is 1. The molecule has 106 valence electrons. The van der Waals surface area contributed by atoms with Crippen LogP contribution in [0.3, 0.4) is 0 Å².